The van der Waals surface area contributed by atoms with E-state index in [0.29, 0.717) is 17.2 Å². The highest BCUT2D eigenvalue weighted by Crippen LogP contribution is 2.44. The molecule has 1 N–H and O–H groups in total. The summed E-state index contributed by atoms with van der Waals surface area (Å²) in [5.74, 6) is -0.429. The second-order valence-corrected chi connectivity index (χ2v) is 13.9. The van der Waals surface area contributed by atoms with Crippen molar-refractivity contribution >= 4 is 45.6 Å². The van der Waals surface area contributed by atoms with Gasteiger partial charge in [-0.3, -0.25) is 9.59 Å². The second kappa shape index (κ2) is 11.6. The van der Waals surface area contributed by atoms with Crippen molar-refractivity contribution < 1.29 is 24.2 Å². The zero-order valence-corrected chi connectivity index (χ0v) is 26.1. The SMILES string of the molecule is COC1CCC(N(C(=O)C2CCC(C)CC2)c2cc(-c3ccc4c(c3)C(=O)Cn3c-4cc4ccccc43)sc2C(=O)O)CC1. The minimum absolute atomic E-state index is 0.0316. The van der Waals surface area contributed by atoms with Crippen LogP contribution in [0.15, 0.2) is 54.6 Å². The molecule has 1 aliphatic heterocycles. The summed E-state index contributed by atoms with van der Waals surface area (Å²) in [6.45, 7) is 2.50. The van der Waals surface area contributed by atoms with Gasteiger partial charge in [0.15, 0.2) is 5.78 Å². The van der Waals surface area contributed by atoms with Crippen molar-refractivity contribution in [3.8, 4) is 21.7 Å². The van der Waals surface area contributed by atoms with Gasteiger partial charge in [-0.2, -0.15) is 0 Å². The van der Waals surface area contributed by atoms with Gasteiger partial charge in [-0.1, -0.05) is 37.3 Å². The monoisotopic (exact) mass is 610 g/mol. The van der Waals surface area contributed by atoms with E-state index in [-0.39, 0.29) is 41.2 Å². The van der Waals surface area contributed by atoms with Gasteiger partial charge in [0.1, 0.15) is 4.88 Å². The highest BCUT2D eigenvalue weighted by molar-refractivity contribution is 7.18. The Bertz CT molecular complexity index is 1750. The normalized spacial score (nSPS) is 23.3. The molecule has 2 aromatic heterocycles. The van der Waals surface area contributed by atoms with E-state index in [9.17, 15) is 19.5 Å². The van der Waals surface area contributed by atoms with Gasteiger partial charge in [-0.15, -0.1) is 11.3 Å². The van der Waals surface area contributed by atoms with Crippen LogP contribution >= 0.6 is 11.3 Å². The predicted molar refractivity (Wildman–Crippen MR) is 174 cm³/mol. The number of fused-ring (bicyclic) bond motifs is 5. The number of thiophene rings is 1. The maximum Gasteiger partial charge on any atom is 0.348 e. The first-order valence-electron chi connectivity index (χ1n) is 15.8. The molecule has 44 heavy (non-hydrogen) atoms. The average Bonchev–Trinajstić information content (AvgIpc) is 3.64. The Hall–Kier alpha value is -3.75. The summed E-state index contributed by atoms with van der Waals surface area (Å²) in [5, 5.41) is 11.5. The van der Waals surface area contributed by atoms with Gasteiger partial charge >= 0.3 is 5.97 Å². The number of ketones is 1. The molecule has 8 heteroatoms. The Morgan fingerprint density at radius 3 is 2.41 bits per heavy atom. The molecule has 2 aromatic carbocycles. The molecule has 2 saturated carbocycles. The quantitative estimate of drug-likeness (QED) is 0.239. The molecule has 3 heterocycles. The Kier molecular flexibility index (Phi) is 7.67. The third-order valence-corrected chi connectivity index (χ3v) is 11.3. The molecule has 0 bridgehead atoms. The number of methoxy groups -OCH3 is 1. The fraction of sp³-hybridized carbons (Fsp3) is 0.417. The molecule has 0 spiro atoms. The van der Waals surface area contributed by atoms with Gasteiger partial charge in [0.2, 0.25) is 5.91 Å². The number of amides is 1. The number of Topliss-reactive ketones (excluding diaryl/α,β-unsaturated/α-hetero) is 1. The number of carbonyl (C=O) groups is 3. The first-order valence-corrected chi connectivity index (χ1v) is 16.6. The molecule has 0 saturated heterocycles. The zero-order chi connectivity index (χ0) is 30.5. The lowest BCUT2D eigenvalue weighted by Crippen LogP contribution is -2.47. The fourth-order valence-corrected chi connectivity index (χ4v) is 8.56. The molecular weight excluding hydrogens is 572 g/mol. The average molecular weight is 611 g/mol. The Morgan fingerprint density at radius 1 is 0.932 bits per heavy atom. The van der Waals surface area contributed by atoms with Crippen LogP contribution in [0.2, 0.25) is 0 Å². The minimum atomic E-state index is -1.03. The molecule has 0 radical (unpaired) electrons. The van der Waals surface area contributed by atoms with Crippen molar-refractivity contribution in [1.29, 1.82) is 0 Å². The number of carboxylic acid groups (broad SMARTS) is 1. The number of hydrogen-bond donors (Lipinski definition) is 1. The van der Waals surface area contributed by atoms with E-state index in [0.717, 1.165) is 84.0 Å². The summed E-state index contributed by atoms with van der Waals surface area (Å²) in [7, 11) is 1.73. The Balaban J connectivity index is 1.28. The molecule has 0 atom stereocenters. The highest BCUT2D eigenvalue weighted by atomic mass is 32.1. The number of carboxylic acids is 1. The van der Waals surface area contributed by atoms with E-state index < -0.39 is 5.97 Å². The lowest BCUT2D eigenvalue weighted by molar-refractivity contribution is -0.124. The molecule has 2 fully saturated rings. The second-order valence-electron chi connectivity index (χ2n) is 12.8. The maximum atomic E-state index is 14.3. The van der Waals surface area contributed by atoms with Gasteiger partial charge in [0.25, 0.3) is 0 Å². The van der Waals surface area contributed by atoms with Crippen molar-refractivity contribution in [1.82, 2.24) is 4.57 Å². The van der Waals surface area contributed by atoms with Crippen LogP contribution in [-0.4, -0.2) is 46.6 Å². The van der Waals surface area contributed by atoms with E-state index in [2.05, 4.69) is 23.6 Å². The van der Waals surface area contributed by atoms with Crippen molar-refractivity contribution in [3.63, 3.8) is 0 Å². The summed E-state index contributed by atoms with van der Waals surface area (Å²) in [6.07, 6.45) is 7.12. The number of hydrogen-bond acceptors (Lipinski definition) is 5. The van der Waals surface area contributed by atoms with E-state index >= 15 is 0 Å². The standard InChI is InChI=1S/C36H38N2O5S/c1-21-7-9-22(10-8-21)35(40)38(25-12-14-26(43-2)15-13-25)31-19-33(44-34(31)36(41)42)24-11-16-27-28(17-24)32(39)20-37-29-6-4-3-5-23(29)18-30(27)37/h3-6,11,16-19,21-22,25-26H,7-10,12-15,20H2,1-2H3,(H,41,42). The number of aromatic nitrogens is 1. The molecule has 3 aliphatic rings. The fourth-order valence-electron chi connectivity index (χ4n) is 7.58. The number of benzene rings is 2. The van der Waals surface area contributed by atoms with Crippen LogP contribution in [0.1, 0.15) is 78.3 Å². The van der Waals surface area contributed by atoms with Crippen LogP contribution < -0.4 is 4.90 Å². The molecule has 0 unspecified atom stereocenters. The van der Waals surface area contributed by atoms with E-state index in [1.807, 2.05) is 47.4 Å². The first-order chi connectivity index (χ1) is 21.3. The van der Waals surface area contributed by atoms with Crippen LogP contribution in [0.25, 0.3) is 32.6 Å². The smallest absolute Gasteiger partial charge is 0.348 e. The topological polar surface area (TPSA) is 88.8 Å². The van der Waals surface area contributed by atoms with Crippen LogP contribution in [0, 0.1) is 11.8 Å². The molecule has 1 amide bonds. The van der Waals surface area contributed by atoms with Crippen LogP contribution in [0.3, 0.4) is 0 Å². The van der Waals surface area contributed by atoms with Crippen molar-refractivity contribution in [2.45, 2.75) is 77.0 Å². The largest absolute Gasteiger partial charge is 0.477 e. The Morgan fingerprint density at radius 2 is 1.68 bits per heavy atom. The van der Waals surface area contributed by atoms with Gasteiger partial charge in [0, 0.05) is 46.0 Å². The summed E-state index contributed by atoms with van der Waals surface area (Å²) >= 11 is 1.19. The van der Waals surface area contributed by atoms with E-state index in [1.54, 1.807) is 7.11 Å². The van der Waals surface area contributed by atoms with Gasteiger partial charge in [-0.25, -0.2) is 4.79 Å². The summed E-state index contributed by atoms with van der Waals surface area (Å²) < 4.78 is 7.67. The molecular formula is C36H38N2O5S. The number of carbonyl (C=O) groups excluding carboxylic acids is 2. The number of anilines is 1. The Labute approximate surface area is 261 Å². The molecule has 228 valence electrons. The lowest BCUT2D eigenvalue weighted by Gasteiger charge is -2.39. The minimum Gasteiger partial charge on any atom is -0.477 e. The van der Waals surface area contributed by atoms with Crippen molar-refractivity contribution in [3.05, 3.63) is 65.0 Å². The number of ether oxygens (including phenoxy) is 1. The molecule has 7 rings (SSSR count). The van der Waals surface area contributed by atoms with Crippen LogP contribution in [0.4, 0.5) is 5.69 Å². The molecule has 2 aliphatic carbocycles. The molecule has 7 nitrogen and oxygen atoms in total. The summed E-state index contributed by atoms with van der Waals surface area (Å²) in [5.41, 5.74) is 4.86. The van der Waals surface area contributed by atoms with Crippen LogP contribution in [-0.2, 0) is 16.1 Å². The summed E-state index contributed by atoms with van der Waals surface area (Å²) in [4.78, 5) is 43.2. The molecule has 4 aromatic rings. The van der Waals surface area contributed by atoms with Crippen molar-refractivity contribution in [2.24, 2.45) is 11.8 Å². The van der Waals surface area contributed by atoms with E-state index in [1.165, 1.54) is 11.3 Å². The number of aromatic carboxylic acids is 1. The number of rotatable bonds is 6. The van der Waals surface area contributed by atoms with Crippen molar-refractivity contribution in [2.75, 3.05) is 12.0 Å². The predicted octanol–water partition coefficient (Wildman–Crippen LogP) is 8.05. The maximum absolute atomic E-state index is 14.3. The first kappa shape index (κ1) is 29.0. The van der Waals surface area contributed by atoms with Gasteiger partial charge < -0.3 is 19.3 Å². The lowest BCUT2D eigenvalue weighted by atomic mass is 9.81. The number of nitrogens with zero attached hydrogens (tertiary/aromatic N) is 2. The van der Waals surface area contributed by atoms with Crippen LogP contribution in [0.5, 0.6) is 0 Å². The number of para-hydroxylation sites is 1. The highest BCUT2D eigenvalue weighted by Gasteiger charge is 2.38. The third-order valence-electron chi connectivity index (χ3n) is 10.1. The third kappa shape index (κ3) is 5.08. The van der Waals surface area contributed by atoms with Gasteiger partial charge in [0.05, 0.1) is 24.0 Å². The zero-order valence-electron chi connectivity index (χ0n) is 25.3. The van der Waals surface area contributed by atoms with Gasteiger partial charge in [-0.05, 0) is 87.1 Å². The summed E-state index contributed by atoms with van der Waals surface area (Å²) in [6, 6.07) is 17.9. The van der Waals surface area contributed by atoms with E-state index in [4.69, 9.17) is 4.74 Å².